The quantitative estimate of drug-likeness (QED) is 0.535. The molecular formula is C16H18N6O2. The lowest BCUT2D eigenvalue weighted by Gasteiger charge is -2.10. The maximum absolute atomic E-state index is 11.3. The number of H-pyrrole nitrogens is 1. The monoisotopic (exact) mass is 326 g/mol. The summed E-state index contributed by atoms with van der Waals surface area (Å²) in [4.78, 5) is 18.3. The van der Waals surface area contributed by atoms with Crippen molar-refractivity contribution < 1.29 is 4.92 Å². The standard InChI is InChI=1S/C16H18N6O2/c1-3-21-16(14(22(23)24)11(2)20-21)19-10-12-6-4-5-7-13(12)15-17-8-9-18-15/h4-9,19H,3,10H2,1-2H3,(H,17,18). The summed E-state index contributed by atoms with van der Waals surface area (Å²) in [5.74, 6) is 1.19. The van der Waals surface area contributed by atoms with Gasteiger partial charge in [0.25, 0.3) is 0 Å². The number of hydrogen-bond donors (Lipinski definition) is 2. The third kappa shape index (κ3) is 2.85. The van der Waals surface area contributed by atoms with Crippen molar-refractivity contribution in [3.63, 3.8) is 0 Å². The molecule has 0 unspecified atom stereocenters. The summed E-state index contributed by atoms with van der Waals surface area (Å²) >= 11 is 0. The smallest absolute Gasteiger partial charge is 0.333 e. The first-order valence-electron chi connectivity index (χ1n) is 7.65. The first-order chi connectivity index (χ1) is 11.6. The topological polar surface area (TPSA) is 102 Å². The van der Waals surface area contributed by atoms with Crippen LogP contribution >= 0.6 is 0 Å². The highest BCUT2D eigenvalue weighted by Gasteiger charge is 2.24. The van der Waals surface area contributed by atoms with Crippen LogP contribution in [0.4, 0.5) is 11.5 Å². The number of nitrogens with zero attached hydrogens (tertiary/aromatic N) is 4. The van der Waals surface area contributed by atoms with Crippen molar-refractivity contribution in [2.45, 2.75) is 26.9 Å². The molecule has 8 nitrogen and oxygen atoms in total. The number of imidazole rings is 1. The largest absolute Gasteiger partial charge is 0.360 e. The van der Waals surface area contributed by atoms with Crippen molar-refractivity contribution in [2.75, 3.05) is 5.32 Å². The Morgan fingerprint density at radius 2 is 2.17 bits per heavy atom. The molecule has 0 aliphatic rings. The molecule has 1 aromatic carbocycles. The zero-order chi connectivity index (χ0) is 17.1. The summed E-state index contributed by atoms with van der Waals surface area (Å²) in [5, 5.41) is 18.7. The fourth-order valence-corrected chi connectivity index (χ4v) is 2.69. The number of aromatic nitrogens is 4. The molecule has 0 fully saturated rings. The van der Waals surface area contributed by atoms with Gasteiger partial charge < -0.3 is 10.3 Å². The van der Waals surface area contributed by atoms with E-state index in [9.17, 15) is 10.1 Å². The molecule has 24 heavy (non-hydrogen) atoms. The van der Waals surface area contributed by atoms with Crippen LogP contribution in [0, 0.1) is 17.0 Å². The molecule has 2 aromatic heterocycles. The van der Waals surface area contributed by atoms with Crippen LogP contribution in [0.3, 0.4) is 0 Å². The van der Waals surface area contributed by atoms with Gasteiger partial charge in [0.05, 0.1) is 4.92 Å². The van der Waals surface area contributed by atoms with Gasteiger partial charge in [-0.05, 0) is 19.4 Å². The zero-order valence-corrected chi connectivity index (χ0v) is 13.5. The third-order valence-electron chi connectivity index (χ3n) is 3.79. The minimum atomic E-state index is -0.394. The highest BCUT2D eigenvalue weighted by Crippen LogP contribution is 2.29. The number of aryl methyl sites for hydroxylation is 2. The number of nitrogens with one attached hydrogen (secondary N) is 2. The van der Waals surface area contributed by atoms with Crippen molar-refractivity contribution in [3.8, 4) is 11.4 Å². The van der Waals surface area contributed by atoms with Gasteiger partial charge >= 0.3 is 5.69 Å². The van der Waals surface area contributed by atoms with Crippen LogP contribution in [-0.2, 0) is 13.1 Å². The minimum Gasteiger partial charge on any atom is -0.360 e. The molecule has 2 N–H and O–H groups in total. The van der Waals surface area contributed by atoms with Gasteiger partial charge in [-0.15, -0.1) is 0 Å². The highest BCUT2D eigenvalue weighted by atomic mass is 16.6. The molecule has 8 heteroatoms. The number of nitro groups is 1. The van der Waals surface area contributed by atoms with Gasteiger partial charge in [-0.1, -0.05) is 24.3 Å². The molecule has 3 aromatic rings. The molecule has 0 amide bonds. The minimum absolute atomic E-state index is 0.0207. The fraction of sp³-hybridized carbons (Fsp3) is 0.250. The maximum atomic E-state index is 11.3. The van der Waals surface area contributed by atoms with Gasteiger partial charge in [0.15, 0.2) is 0 Å². The maximum Gasteiger partial charge on any atom is 0.333 e. The molecule has 0 atom stereocenters. The fourth-order valence-electron chi connectivity index (χ4n) is 2.69. The molecule has 0 saturated heterocycles. The predicted molar refractivity (Wildman–Crippen MR) is 90.6 cm³/mol. The summed E-state index contributed by atoms with van der Waals surface area (Å²) in [5.41, 5.74) is 2.37. The van der Waals surface area contributed by atoms with Gasteiger partial charge in [0.2, 0.25) is 5.82 Å². The summed E-state index contributed by atoms with van der Waals surface area (Å²) in [6.07, 6.45) is 3.46. The lowest BCUT2D eigenvalue weighted by atomic mass is 10.1. The predicted octanol–water partition coefficient (Wildman–Crippen LogP) is 3.12. The molecule has 0 spiro atoms. The number of aromatic amines is 1. The normalized spacial score (nSPS) is 10.8. The first-order valence-corrected chi connectivity index (χ1v) is 7.65. The molecular weight excluding hydrogens is 308 g/mol. The summed E-state index contributed by atoms with van der Waals surface area (Å²) < 4.78 is 1.61. The molecule has 0 bridgehead atoms. The summed E-state index contributed by atoms with van der Waals surface area (Å²) in [6, 6.07) is 7.80. The van der Waals surface area contributed by atoms with Crippen LogP contribution in [0.15, 0.2) is 36.7 Å². The lowest BCUT2D eigenvalue weighted by molar-refractivity contribution is -0.384. The first kappa shape index (κ1) is 15.7. The van der Waals surface area contributed by atoms with Gasteiger partial charge in [0.1, 0.15) is 11.5 Å². The number of benzene rings is 1. The van der Waals surface area contributed by atoms with Crippen LogP contribution in [0.2, 0.25) is 0 Å². The Kier molecular flexibility index (Phi) is 4.28. The van der Waals surface area contributed by atoms with Crippen molar-refractivity contribution in [1.82, 2.24) is 19.7 Å². The van der Waals surface area contributed by atoms with Crippen LogP contribution in [0.1, 0.15) is 18.2 Å². The Balaban J connectivity index is 1.92. The Hall–Kier alpha value is -3.16. The van der Waals surface area contributed by atoms with E-state index in [0.717, 1.165) is 17.0 Å². The second-order valence-corrected chi connectivity index (χ2v) is 5.30. The lowest BCUT2D eigenvalue weighted by Crippen LogP contribution is -2.09. The molecule has 0 radical (unpaired) electrons. The highest BCUT2D eigenvalue weighted by molar-refractivity contribution is 5.63. The second-order valence-electron chi connectivity index (χ2n) is 5.30. The van der Waals surface area contributed by atoms with Crippen LogP contribution in [-0.4, -0.2) is 24.7 Å². The third-order valence-corrected chi connectivity index (χ3v) is 3.79. The average Bonchev–Trinajstić information content (AvgIpc) is 3.20. The van der Waals surface area contributed by atoms with Crippen molar-refractivity contribution in [3.05, 3.63) is 58.0 Å². The van der Waals surface area contributed by atoms with Crippen LogP contribution in [0.5, 0.6) is 0 Å². The van der Waals surface area contributed by atoms with Gasteiger partial charge in [-0.3, -0.25) is 10.1 Å². The Labute approximate surface area is 138 Å². The average molecular weight is 326 g/mol. The van der Waals surface area contributed by atoms with E-state index in [-0.39, 0.29) is 5.69 Å². The van der Waals surface area contributed by atoms with Crippen molar-refractivity contribution >= 4 is 11.5 Å². The Bertz CT molecular complexity index is 854. The Morgan fingerprint density at radius 3 is 2.83 bits per heavy atom. The van der Waals surface area contributed by atoms with Gasteiger partial charge in [-0.25, -0.2) is 9.67 Å². The SMILES string of the molecule is CCn1nc(C)c([N+](=O)[O-])c1NCc1ccccc1-c1ncc[nH]1. The van der Waals surface area contributed by atoms with E-state index in [1.54, 1.807) is 24.0 Å². The van der Waals surface area contributed by atoms with Gasteiger partial charge in [0, 0.05) is 31.0 Å². The van der Waals surface area contributed by atoms with Crippen LogP contribution in [0.25, 0.3) is 11.4 Å². The molecule has 3 rings (SSSR count). The number of rotatable bonds is 6. The van der Waals surface area contributed by atoms with Crippen LogP contribution < -0.4 is 5.32 Å². The number of anilines is 1. The van der Waals surface area contributed by atoms with Gasteiger partial charge in [-0.2, -0.15) is 5.10 Å². The van der Waals surface area contributed by atoms with E-state index < -0.39 is 4.92 Å². The van der Waals surface area contributed by atoms with E-state index >= 15 is 0 Å². The van der Waals surface area contributed by atoms with E-state index in [4.69, 9.17) is 0 Å². The second kappa shape index (κ2) is 6.53. The molecule has 0 aliphatic carbocycles. The molecule has 124 valence electrons. The molecule has 0 aliphatic heterocycles. The number of hydrogen-bond acceptors (Lipinski definition) is 5. The van der Waals surface area contributed by atoms with E-state index in [1.807, 2.05) is 31.2 Å². The molecule has 2 heterocycles. The van der Waals surface area contributed by atoms with E-state index in [1.165, 1.54) is 0 Å². The van der Waals surface area contributed by atoms with E-state index in [0.29, 0.717) is 24.6 Å². The summed E-state index contributed by atoms with van der Waals surface area (Å²) in [6.45, 7) is 4.53. The van der Waals surface area contributed by atoms with E-state index in [2.05, 4.69) is 20.4 Å². The molecule has 0 saturated carbocycles. The summed E-state index contributed by atoms with van der Waals surface area (Å²) in [7, 11) is 0. The van der Waals surface area contributed by atoms with Crippen molar-refractivity contribution in [2.24, 2.45) is 0 Å². The van der Waals surface area contributed by atoms with Crippen molar-refractivity contribution in [1.29, 1.82) is 0 Å². The Morgan fingerprint density at radius 1 is 1.38 bits per heavy atom. The zero-order valence-electron chi connectivity index (χ0n) is 13.5.